The lowest BCUT2D eigenvalue weighted by molar-refractivity contribution is -0.275. The zero-order valence-electron chi connectivity index (χ0n) is 15.3. The highest BCUT2D eigenvalue weighted by Gasteiger charge is 2.32. The molecule has 1 aliphatic heterocycles. The van der Waals surface area contributed by atoms with Crippen LogP contribution in [0.3, 0.4) is 0 Å². The number of nitrogens with one attached hydrogen (secondary N) is 1. The first-order valence-corrected chi connectivity index (χ1v) is 8.80. The Morgan fingerprint density at radius 2 is 2.03 bits per heavy atom. The molecule has 0 aliphatic carbocycles. The molecule has 1 fully saturated rings. The minimum absolute atomic E-state index is 0.0567. The highest BCUT2D eigenvalue weighted by Crippen LogP contribution is 2.31. The van der Waals surface area contributed by atoms with E-state index in [2.05, 4.69) is 15.0 Å². The Kier molecular flexibility index (Phi) is 5.90. The van der Waals surface area contributed by atoms with E-state index < -0.39 is 30.1 Å². The maximum Gasteiger partial charge on any atom is 0.573 e. The second kappa shape index (κ2) is 8.22. The fraction of sp³-hybridized carbons (Fsp3) is 0.368. The van der Waals surface area contributed by atoms with Crippen LogP contribution in [0.4, 0.5) is 27.6 Å². The Hall–Kier alpha value is -2.91. The SMILES string of the molecule is CC(=O)N[C@H]1CCN(c2ccnc(-c3ccc(OC(F)(F)F)c(F)c3)c2)C[C@@H]1F. The molecule has 1 aliphatic rings. The molecule has 2 aromatic rings. The molecule has 2 atom stereocenters. The quantitative estimate of drug-likeness (QED) is 0.772. The van der Waals surface area contributed by atoms with Gasteiger partial charge in [0, 0.05) is 30.9 Å². The minimum Gasteiger partial charge on any atom is -0.403 e. The molecule has 156 valence electrons. The number of carbonyl (C=O) groups excluding carboxylic acids is 1. The summed E-state index contributed by atoms with van der Waals surface area (Å²) in [6, 6.07) is 5.74. The van der Waals surface area contributed by atoms with Crippen LogP contribution in [0.2, 0.25) is 0 Å². The Labute approximate surface area is 163 Å². The maximum atomic E-state index is 14.4. The number of ether oxygens (including phenoxy) is 1. The van der Waals surface area contributed by atoms with Gasteiger partial charge in [0.1, 0.15) is 6.17 Å². The molecule has 0 bridgehead atoms. The molecule has 0 spiro atoms. The molecule has 1 N–H and O–H groups in total. The third kappa shape index (κ3) is 5.33. The molecule has 10 heteroatoms. The molecule has 1 aromatic heterocycles. The molecule has 0 saturated carbocycles. The first kappa shape index (κ1) is 20.8. The van der Waals surface area contributed by atoms with Gasteiger partial charge in [-0.3, -0.25) is 9.78 Å². The predicted molar refractivity (Wildman–Crippen MR) is 95.6 cm³/mol. The van der Waals surface area contributed by atoms with Crippen molar-refractivity contribution in [2.45, 2.75) is 31.9 Å². The molecule has 2 heterocycles. The van der Waals surface area contributed by atoms with Crippen molar-refractivity contribution in [2.24, 2.45) is 0 Å². The lowest BCUT2D eigenvalue weighted by Gasteiger charge is -2.36. The van der Waals surface area contributed by atoms with Crippen molar-refractivity contribution in [1.82, 2.24) is 10.3 Å². The van der Waals surface area contributed by atoms with E-state index in [0.29, 0.717) is 24.3 Å². The molecule has 1 aromatic carbocycles. The summed E-state index contributed by atoms with van der Waals surface area (Å²) in [5.41, 5.74) is 1.21. The van der Waals surface area contributed by atoms with Gasteiger partial charge >= 0.3 is 6.36 Å². The number of anilines is 1. The number of rotatable bonds is 4. The number of nitrogens with zero attached hydrogens (tertiary/aromatic N) is 2. The summed E-state index contributed by atoms with van der Waals surface area (Å²) in [6.07, 6.45) is -4.39. The van der Waals surface area contributed by atoms with Gasteiger partial charge in [-0.1, -0.05) is 0 Å². The van der Waals surface area contributed by atoms with Gasteiger partial charge in [-0.25, -0.2) is 8.78 Å². The largest absolute Gasteiger partial charge is 0.573 e. The van der Waals surface area contributed by atoms with Crippen LogP contribution >= 0.6 is 0 Å². The van der Waals surface area contributed by atoms with E-state index in [0.717, 1.165) is 12.1 Å². The lowest BCUT2D eigenvalue weighted by atomic mass is 10.0. The van der Waals surface area contributed by atoms with E-state index in [1.165, 1.54) is 19.2 Å². The molecule has 0 unspecified atom stereocenters. The van der Waals surface area contributed by atoms with Crippen LogP contribution in [0.5, 0.6) is 5.75 Å². The van der Waals surface area contributed by atoms with Gasteiger partial charge < -0.3 is 15.0 Å². The highest BCUT2D eigenvalue weighted by atomic mass is 19.4. The van der Waals surface area contributed by atoms with Gasteiger partial charge in [-0.05, 0) is 36.8 Å². The number of halogens is 5. The number of hydrogen-bond acceptors (Lipinski definition) is 4. The van der Waals surface area contributed by atoms with Crippen molar-refractivity contribution in [1.29, 1.82) is 0 Å². The Bertz CT molecular complexity index is 890. The van der Waals surface area contributed by atoms with Crippen LogP contribution in [0, 0.1) is 5.82 Å². The van der Waals surface area contributed by atoms with E-state index in [1.54, 1.807) is 17.0 Å². The van der Waals surface area contributed by atoms with E-state index in [4.69, 9.17) is 0 Å². The van der Waals surface area contributed by atoms with E-state index in [1.807, 2.05) is 0 Å². The first-order valence-electron chi connectivity index (χ1n) is 8.80. The number of amides is 1. The number of carbonyl (C=O) groups is 1. The number of benzene rings is 1. The zero-order valence-corrected chi connectivity index (χ0v) is 15.3. The lowest BCUT2D eigenvalue weighted by Crippen LogP contribution is -2.52. The number of piperidine rings is 1. The second-order valence-corrected chi connectivity index (χ2v) is 6.65. The van der Waals surface area contributed by atoms with Crippen molar-refractivity contribution in [2.75, 3.05) is 18.0 Å². The van der Waals surface area contributed by atoms with Crippen LogP contribution in [-0.4, -0.2) is 42.6 Å². The zero-order chi connectivity index (χ0) is 21.2. The molecule has 29 heavy (non-hydrogen) atoms. The summed E-state index contributed by atoms with van der Waals surface area (Å²) in [7, 11) is 0. The van der Waals surface area contributed by atoms with Crippen LogP contribution in [0.1, 0.15) is 13.3 Å². The monoisotopic (exact) mass is 415 g/mol. The average molecular weight is 415 g/mol. The first-order chi connectivity index (χ1) is 13.6. The fourth-order valence-electron chi connectivity index (χ4n) is 3.20. The molecule has 5 nitrogen and oxygen atoms in total. The van der Waals surface area contributed by atoms with Gasteiger partial charge in [0.2, 0.25) is 5.91 Å². The Balaban J connectivity index is 1.77. The number of alkyl halides is 4. The van der Waals surface area contributed by atoms with Gasteiger partial charge in [0.25, 0.3) is 0 Å². The Morgan fingerprint density at radius 3 is 2.66 bits per heavy atom. The second-order valence-electron chi connectivity index (χ2n) is 6.65. The summed E-state index contributed by atoms with van der Waals surface area (Å²) in [6.45, 7) is 1.88. The summed E-state index contributed by atoms with van der Waals surface area (Å²) in [5.74, 6) is -2.40. The normalized spacial score (nSPS) is 19.7. The number of aromatic nitrogens is 1. The third-order valence-electron chi connectivity index (χ3n) is 4.49. The molecule has 0 radical (unpaired) electrons. The van der Waals surface area contributed by atoms with Crippen molar-refractivity contribution in [3.8, 4) is 17.0 Å². The summed E-state index contributed by atoms with van der Waals surface area (Å²) >= 11 is 0. The van der Waals surface area contributed by atoms with E-state index >= 15 is 0 Å². The molecule has 1 amide bonds. The Morgan fingerprint density at radius 1 is 1.28 bits per heavy atom. The van der Waals surface area contributed by atoms with Crippen molar-refractivity contribution < 1.29 is 31.5 Å². The van der Waals surface area contributed by atoms with E-state index in [-0.39, 0.29) is 18.0 Å². The van der Waals surface area contributed by atoms with Crippen molar-refractivity contribution >= 4 is 11.6 Å². The molecular formula is C19H18F5N3O2. The van der Waals surface area contributed by atoms with Gasteiger partial charge in [-0.15, -0.1) is 13.2 Å². The van der Waals surface area contributed by atoms with Gasteiger partial charge in [-0.2, -0.15) is 0 Å². The van der Waals surface area contributed by atoms with Crippen molar-refractivity contribution in [3.05, 3.63) is 42.3 Å². The minimum atomic E-state index is -4.99. The molecule has 1 saturated heterocycles. The third-order valence-corrected chi connectivity index (χ3v) is 4.49. The summed E-state index contributed by atoms with van der Waals surface area (Å²) < 4.78 is 68.8. The topological polar surface area (TPSA) is 54.5 Å². The summed E-state index contributed by atoms with van der Waals surface area (Å²) in [5, 5.41) is 2.58. The van der Waals surface area contributed by atoms with Crippen LogP contribution in [0.25, 0.3) is 11.3 Å². The van der Waals surface area contributed by atoms with Crippen molar-refractivity contribution in [3.63, 3.8) is 0 Å². The average Bonchev–Trinajstić information content (AvgIpc) is 2.64. The molecule has 3 rings (SSSR count). The van der Waals surface area contributed by atoms with Crippen LogP contribution in [0.15, 0.2) is 36.5 Å². The molecular weight excluding hydrogens is 397 g/mol. The van der Waals surface area contributed by atoms with Gasteiger partial charge in [0.15, 0.2) is 11.6 Å². The summed E-state index contributed by atoms with van der Waals surface area (Å²) in [4.78, 5) is 17.0. The van der Waals surface area contributed by atoms with Gasteiger partial charge in [0.05, 0.1) is 18.3 Å². The number of hydrogen-bond donors (Lipinski definition) is 1. The maximum absolute atomic E-state index is 14.4. The van der Waals surface area contributed by atoms with Crippen LogP contribution < -0.4 is 15.0 Å². The standard InChI is InChI=1S/C19H18F5N3O2/c1-11(28)26-16-5-7-27(10-15(16)21)13-4-6-25-17(9-13)12-2-3-18(14(20)8-12)29-19(22,23)24/h2-4,6,8-9,15-16H,5,7,10H2,1H3,(H,26,28)/t15-,16-/m0/s1. The van der Waals surface area contributed by atoms with E-state index in [9.17, 15) is 26.7 Å². The number of pyridine rings is 1. The predicted octanol–water partition coefficient (Wildman–Crippen LogP) is 3.84. The van der Waals surface area contributed by atoms with Crippen LogP contribution in [-0.2, 0) is 4.79 Å². The highest BCUT2D eigenvalue weighted by molar-refractivity contribution is 5.73. The fourth-order valence-corrected chi connectivity index (χ4v) is 3.20. The smallest absolute Gasteiger partial charge is 0.403 e.